The second-order valence-electron chi connectivity index (χ2n) is 7.61. The van der Waals surface area contributed by atoms with Crippen LogP contribution in [0.3, 0.4) is 0 Å². The van der Waals surface area contributed by atoms with Gasteiger partial charge in [-0.25, -0.2) is 4.79 Å². The lowest BCUT2D eigenvalue weighted by Gasteiger charge is -2.30. The van der Waals surface area contributed by atoms with Crippen LogP contribution in [0, 0.1) is 5.92 Å². The highest BCUT2D eigenvalue weighted by molar-refractivity contribution is 5.91. The lowest BCUT2D eigenvalue weighted by atomic mass is 10.1. The molecule has 0 bridgehead atoms. The molecule has 9 heteroatoms. The Balaban J connectivity index is 0.00000480. The Morgan fingerprint density at radius 1 is 1.06 bits per heavy atom. The second-order valence-corrected chi connectivity index (χ2v) is 7.61. The molecule has 8 nitrogen and oxygen atoms in total. The molecule has 1 fully saturated rings. The van der Waals surface area contributed by atoms with Crippen LogP contribution in [0.2, 0.25) is 0 Å². The van der Waals surface area contributed by atoms with Crippen LogP contribution in [0.5, 0.6) is 17.2 Å². The van der Waals surface area contributed by atoms with Gasteiger partial charge in [-0.15, -0.1) is 12.4 Å². The fourth-order valence-corrected chi connectivity index (χ4v) is 3.15. The van der Waals surface area contributed by atoms with E-state index in [-0.39, 0.29) is 18.5 Å². The van der Waals surface area contributed by atoms with E-state index < -0.39 is 5.97 Å². The van der Waals surface area contributed by atoms with Crippen molar-refractivity contribution in [1.82, 2.24) is 4.90 Å². The molecular formula is C22H36ClNO7. The summed E-state index contributed by atoms with van der Waals surface area (Å²) in [5.74, 6) is 1.34. The average Bonchev–Trinajstić information content (AvgIpc) is 2.75. The second kappa shape index (κ2) is 14.3. The van der Waals surface area contributed by atoms with Gasteiger partial charge in [0.25, 0.3) is 0 Å². The number of methoxy groups -OCH3 is 3. The lowest BCUT2D eigenvalue weighted by molar-refractivity contribution is -0.0331. The topological polar surface area (TPSA) is 75.7 Å². The number of nitrogens with zero attached hydrogens (tertiary/aromatic N) is 1. The van der Waals surface area contributed by atoms with Gasteiger partial charge in [0.2, 0.25) is 5.75 Å². The average molecular weight is 462 g/mol. The Kier molecular flexibility index (Phi) is 12.6. The molecule has 0 spiro atoms. The van der Waals surface area contributed by atoms with Crippen LogP contribution in [0.4, 0.5) is 0 Å². The molecule has 1 heterocycles. The first-order chi connectivity index (χ1) is 14.5. The summed E-state index contributed by atoms with van der Waals surface area (Å²) in [5, 5.41) is 0. The highest BCUT2D eigenvalue weighted by Crippen LogP contribution is 2.38. The fourth-order valence-electron chi connectivity index (χ4n) is 3.15. The van der Waals surface area contributed by atoms with E-state index in [0.717, 1.165) is 19.5 Å². The molecule has 0 saturated carbocycles. The summed E-state index contributed by atoms with van der Waals surface area (Å²) in [6.07, 6.45) is 0.576. The summed E-state index contributed by atoms with van der Waals surface area (Å²) >= 11 is 0. The van der Waals surface area contributed by atoms with Gasteiger partial charge < -0.3 is 28.4 Å². The summed E-state index contributed by atoms with van der Waals surface area (Å²) < 4.78 is 33.0. The molecule has 178 valence electrons. The van der Waals surface area contributed by atoms with Crippen LogP contribution in [-0.4, -0.2) is 84.4 Å². The minimum Gasteiger partial charge on any atom is -0.493 e. The maximum atomic E-state index is 12.9. The zero-order chi connectivity index (χ0) is 21.9. The SMILES string of the molecule is COc1cc(C(=O)O[C@H](COCCC(C)C)CN2CCOCC2)cc(OC)c1OC.Cl. The molecule has 2 rings (SSSR count). The molecule has 0 unspecified atom stereocenters. The molecule has 1 aromatic rings. The zero-order valence-electron chi connectivity index (χ0n) is 19.2. The summed E-state index contributed by atoms with van der Waals surface area (Å²) in [6.45, 7) is 8.87. The van der Waals surface area contributed by atoms with E-state index in [1.165, 1.54) is 21.3 Å². The number of ether oxygens (including phenoxy) is 6. The van der Waals surface area contributed by atoms with Crippen molar-refractivity contribution in [3.63, 3.8) is 0 Å². The van der Waals surface area contributed by atoms with Crippen molar-refractivity contribution in [2.24, 2.45) is 5.92 Å². The van der Waals surface area contributed by atoms with E-state index in [2.05, 4.69) is 18.7 Å². The van der Waals surface area contributed by atoms with Crippen molar-refractivity contribution >= 4 is 18.4 Å². The van der Waals surface area contributed by atoms with Crippen molar-refractivity contribution in [2.75, 3.05) is 67.4 Å². The van der Waals surface area contributed by atoms with Gasteiger partial charge in [-0.1, -0.05) is 13.8 Å². The van der Waals surface area contributed by atoms with E-state index in [0.29, 0.717) is 61.7 Å². The van der Waals surface area contributed by atoms with Gasteiger partial charge >= 0.3 is 5.97 Å². The molecule has 1 aromatic carbocycles. The van der Waals surface area contributed by atoms with Crippen LogP contribution in [0.15, 0.2) is 12.1 Å². The Morgan fingerprint density at radius 2 is 1.68 bits per heavy atom. The number of halogens is 1. The predicted molar refractivity (Wildman–Crippen MR) is 120 cm³/mol. The fraction of sp³-hybridized carbons (Fsp3) is 0.682. The number of esters is 1. The van der Waals surface area contributed by atoms with E-state index in [4.69, 9.17) is 28.4 Å². The molecule has 0 aliphatic carbocycles. The van der Waals surface area contributed by atoms with Crippen LogP contribution in [0.25, 0.3) is 0 Å². The first kappa shape index (κ1) is 27.3. The Bertz CT molecular complexity index is 640. The van der Waals surface area contributed by atoms with Gasteiger partial charge in [-0.3, -0.25) is 4.90 Å². The highest BCUT2D eigenvalue weighted by atomic mass is 35.5. The number of rotatable bonds is 12. The normalized spacial score (nSPS) is 15.2. The monoisotopic (exact) mass is 461 g/mol. The molecule has 1 aliphatic heterocycles. The van der Waals surface area contributed by atoms with E-state index in [9.17, 15) is 4.79 Å². The lowest BCUT2D eigenvalue weighted by Crippen LogP contribution is -2.43. The van der Waals surface area contributed by atoms with Gasteiger partial charge in [0.15, 0.2) is 11.5 Å². The number of morpholine rings is 1. The Hall–Kier alpha value is -1.74. The van der Waals surface area contributed by atoms with Gasteiger partial charge in [0.05, 0.1) is 46.7 Å². The molecule has 1 aliphatic rings. The standard InChI is InChI=1S/C22H35NO7.ClH/c1-16(2)6-9-29-15-18(14-23-7-10-28-11-8-23)30-22(24)17-12-19(25-3)21(27-5)20(13-17)26-4;/h12-13,16,18H,6-11,14-15H2,1-5H3;1H/t18-;/m0./s1. The van der Waals surface area contributed by atoms with Crippen molar-refractivity contribution in [3.8, 4) is 17.2 Å². The Morgan fingerprint density at radius 3 is 2.19 bits per heavy atom. The van der Waals surface area contributed by atoms with Gasteiger partial charge in [0.1, 0.15) is 6.10 Å². The largest absolute Gasteiger partial charge is 0.493 e. The minimum atomic E-state index is -0.458. The number of carbonyl (C=O) groups is 1. The van der Waals surface area contributed by atoms with E-state index >= 15 is 0 Å². The quantitative estimate of drug-likeness (QED) is 0.347. The number of hydrogen-bond acceptors (Lipinski definition) is 8. The Labute approximate surface area is 191 Å². The summed E-state index contributed by atoms with van der Waals surface area (Å²) in [6, 6.07) is 3.18. The third-order valence-electron chi connectivity index (χ3n) is 4.88. The molecule has 1 saturated heterocycles. The van der Waals surface area contributed by atoms with Crippen LogP contribution < -0.4 is 14.2 Å². The first-order valence-corrected chi connectivity index (χ1v) is 10.4. The van der Waals surface area contributed by atoms with Gasteiger partial charge in [0, 0.05) is 26.2 Å². The number of benzene rings is 1. The van der Waals surface area contributed by atoms with E-state index in [1.54, 1.807) is 12.1 Å². The summed E-state index contributed by atoms with van der Waals surface area (Å²) in [4.78, 5) is 15.1. The maximum Gasteiger partial charge on any atom is 0.338 e. The number of carbonyl (C=O) groups excluding carboxylic acids is 1. The molecule has 0 aromatic heterocycles. The van der Waals surface area contributed by atoms with Crippen LogP contribution >= 0.6 is 12.4 Å². The summed E-state index contributed by atoms with van der Waals surface area (Å²) in [5.41, 5.74) is 0.332. The first-order valence-electron chi connectivity index (χ1n) is 10.4. The zero-order valence-corrected chi connectivity index (χ0v) is 20.0. The van der Waals surface area contributed by atoms with Gasteiger partial charge in [-0.2, -0.15) is 0 Å². The highest BCUT2D eigenvalue weighted by Gasteiger charge is 2.23. The van der Waals surface area contributed by atoms with Crippen molar-refractivity contribution in [3.05, 3.63) is 17.7 Å². The molecule has 0 amide bonds. The smallest absolute Gasteiger partial charge is 0.338 e. The third kappa shape index (κ3) is 8.73. The molecular weight excluding hydrogens is 426 g/mol. The number of hydrogen-bond donors (Lipinski definition) is 0. The maximum absolute atomic E-state index is 12.9. The molecule has 0 radical (unpaired) electrons. The minimum absolute atomic E-state index is 0. The van der Waals surface area contributed by atoms with Gasteiger partial charge in [-0.05, 0) is 24.5 Å². The molecule has 0 N–H and O–H groups in total. The predicted octanol–water partition coefficient (Wildman–Crippen LogP) is 3.05. The van der Waals surface area contributed by atoms with E-state index in [1.807, 2.05) is 0 Å². The van der Waals surface area contributed by atoms with Crippen LogP contribution in [-0.2, 0) is 14.2 Å². The van der Waals surface area contributed by atoms with Crippen molar-refractivity contribution in [2.45, 2.75) is 26.4 Å². The van der Waals surface area contributed by atoms with Crippen molar-refractivity contribution in [1.29, 1.82) is 0 Å². The molecule has 1 atom stereocenters. The van der Waals surface area contributed by atoms with Crippen molar-refractivity contribution < 1.29 is 33.2 Å². The van der Waals surface area contributed by atoms with Crippen LogP contribution in [0.1, 0.15) is 30.6 Å². The molecule has 31 heavy (non-hydrogen) atoms. The third-order valence-corrected chi connectivity index (χ3v) is 4.88. The summed E-state index contributed by atoms with van der Waals surface area (Å²) in [7, 11) is 4.54.